The van der Waals surface area contributed by atoms with Crippen LogP contribution in [0.15, 0.2) is 46.9 Å². The summed E-state index contributed by atoms with van der Waals surface area (Å²) < 4.78 is 25.8. The zero-order valence-corrected chi connectivity index (χ0v) is 21.9. The van der Waals surface area contributed by atoms with E-state index in [4.69, 9.17) is 0 Å². The van der Waals surface area contributed by atoms with Gasteiger partial charge in [0.15, 0.2) is 9.84 Å². The van der Waals surface area contributed by atoms with Gasteiger partial charge < -0.3 is 5.11 Å². The van der Waals surface area contributed by atoms with E-state index in [1.807, 2.05) is 32.0 Å². The fraction of sp³-hybridized carbons (Fsp3) is 0.724. The molecule has 33 heavy (non-hydrogen) atoms. The van der Waals surface area contributed by atoms with E-state index < -0.39 is 9.84 Å². The summed E-state index contributed by atoms with van der Waals surface area (Å²) in [5.74, 6) is 2.76. The summed E-state index contributed by atoms with van der Waals surface area (Å²) in [6.07, 6.45) is 12.3. The Kier molecular flexibility index (Phi) is 7.18. The van der Waals surface area contributed by atoms with E-state index in [0.717, 1.165) is 32.1 Å². The smallest absolute Gasteiger partial charge is 0.178 e. The Hall–Kier alpha value is -1.13. The molecule has 0 aliphatic heterocycles. The molecular weight excluding hydrogens is 428 g/mol. The number of hydrogen-bond donors (Lipinski definition) is 1. The van der Waals surface area contributed by atoms with Crippen LogP contribution in [0, 0.1) is 34.5 Å². The van der Waals surface area contributed by atoms with Gasteiger partial charge in [0.1, 0.15) is 0 Å². The van der Waals surface area contributed by atoms with E-state index >= 15 is 0 Å². The second-order valence-electron chi connectivity index (χ2n) is 11.4. The molecule has 0 bridgehead atoms. The summed E-state index contributed by atoms with van der Waals surface area (Å²) in [6.45, 7) is 8.93. The molecule has 7 atom stereocenters. The van der Waals surface area contributed by atoms with Crippen molar-refractivity contribution in [2.45, 2.75) is 96.5 Å². The molecule has 1 N–H and O–H groups in total. The van der Waals surface area contributed by atoms with Crippen molar-refractivity contribution in [3.63, 3.8) is 0 Å². The van der Waals surface area contributed by atoms with Gasteiger partial charge in [0.2, 0.25) is 0 Å². The highest BCUT2D eigenvalue weighted by atomic mass is 32.2. The third kappa shape index (κ3) is 4.35. The molecule has 1 aromatic carbocycles. The first kappa shape index (κ1) is 25.0. The van der Waals surface area contributed by atoms with Gasteiger partial charge in [-0.25, -0.2) is 8.42 Å². The number of rotatable bonds is 4. The van der Waals surface area contributed by atoms with Crippen molar-refractivity contribution >= 4 is 9.84 Å². The Morgan fingerprint density at radius 2 is 1.73 bits per heavy atom. The Balaban J connectivity index is 0.00000126. The zero-order valence-electron chi connectivity index (χ0n) is 21.1. The molecule has 0 amide bonds. The molecule has 0 heterocycles. The Morgan fingerprint density at radius 3 is 2.45 bits per heavy atom. The minimum Gasteiger partial charge on any atom is -0.393 e. The third-order valence-corrected chi connectivity index (χ3v) is 11.8. The van der Waals surface area contributed by atoms with Crippen molar-refractivity contribution in [1.29, 1.82) is 0 Å². The highest BCUT2D eigenvalue weighted by Crippen LogP contribution is 2.65. The summed E-state index contributed by atoms with van der Waals surface area (Å²) in [4.78, 5) is 0.464. The molecule has 0 spiro atoms. The van der Waals surface area contributed by atoms with E-state index in [1.54, 1.807) is 17.7 Å². The van der Waals surface area contributed by atoms with Crippen molar-refractivity contribution in [2.75, 3.05) is 5.75 Å². The second kappa shape index (κ2) is 9.49. The number of sulfone groups is 1. The van der Waals surface area contributed by atoms with Crippen LogP contribution in [0.3, 0.4) is 0 Å². The Morgan fingerprint density at radius 1 is 1.00 bits per heavy atom. The Labute approximate surface area is 202 Å². The average molecular weight is 473 g/mol. The van der Waals surface area contributed by atoms with Gasteiger partial charge in [-0.05, 0) is 104 Å². The molecule has 4 aliphatic carbocycles. The molecule has 0 aromatic heterocycles. The van der Waals surface area contributed by atoms with Gasteiger partial charge >= 0.3 is 0 Å². The summed E-state index contributed by atoms with van der Waals surface area (Å²) >= 11 is 0. The second-order valence-corrected chi connectivity index (χ2v) is 13.5. The first-order valence-electron chi connectivity index (χ1n) is 13.4. The van der Waals surface area contributed by atoms with Gasteiger partial charge in [0, 0.05) is 0 Å². The van der Waals surface area contributed by atoms with Crippen LogP contribution in [0.1, 0.15) is 85.5 Å². The maximum absolute atomic E-state index is 12.9. The van der Waals surface area contributed by atoms with Crippen LogP contribution < -0.4 is 0 Å². The van der Waals surface area contributed by atoms with E-state index in [2.05, 4.69) is 19.9 Å². The number of fused-ring (bicyclic) bond motifs is 5. The van der Waals surface area contributed by atoms with Gasteiger partial charge in [-0.1, -0.05) is 57.5 Å². The van der Waals surface area contributed by atoms with Crippen molar-refractivity contribution in [1.82, 2.24) is 0 Å². The number of aliphatic hydroxyl groups excluding tert-OH is 1. The molecule has 3 saturated carbocycles. The van der Waals surface area contributed by atoms with Gasteiger partial charge in [0.05, 0.1) is 16.8 Å². The number of benzene rings is 1. The SMILES string of the molecule is CC.CC12CCC(O)CC1CCC1C2=CCC2(C)C(CCS(=O)(=O)c3ccccc3)CCC12. The molecule has 1 aromatic rings. The van der Waals surface area contributed by atoms with Gasteiger partial charge in [-0.3, -0.25) is 0 Å². The van der Waals surface area contributed by atoms with Crippen LogP contribution in [0.4, 0.5) is 0 Å². The lowest BCUT2D eigenvalue weighted by Crippen LogP contribution is -2.48. The molecule has 5 rings (SSSR count). The van der Waals surface area contributed by atoms with E-state index in [0.29, 0.717) is 28.6 Å². The monoisotopic (exact) mass is 472 g/mol. The summed E-state index contributed by atoms with van der Waals surface area (Å²) in [6, 6.07) is 8.95. The Bertz CT molecular complexity index is 952. The highest BCUT2D eigenvalue weighted by Gasteiger charge is 2.56. The van der Waals surface area contributed by atoms with E-state index in [1.165, 1.54) is 25.7 Å². The van der Waals surface area contributed by atoms with Gasteiger partial charge in [-0.15, -0.1) is 0 Å². The predicted molar refractivity (Wildman–Crippen MR) is 136 cm³/mol. The van der Waals surface area contributed by atoms with Crippen molar-refractivity contribution < 1.29 is 13.5 Å². The van der Waals surface area contributed by atoms with Gasteiger partial charge in [0.25, 0.3) is 0 Å². The lowest BCUT2D eigenvalue weighted by Gasteiger charge is -2.56. The fourth-order valence-corrected chi connectivity index (χ4v) is 9.53. The molecule has 0 radical (unpaired) electrons. The topological polar surface area (TPSA) is 54.4 Å². The van der Waals surface area contributed by atoms with Crippen LogP contribution in [0.2, 0.25) is 0 Å². The lowest BCUT2D eigenvalue weighted by atomic mass is 9.48. The maximum Gasteiger partial charge on any atom is 0.178 e. The molecule has 3 nitrogen and oxygen atoms in total. The number of allylic oxidation sites excluding steroid dienone is 2. The molecular formula is C29H44O3S. The van der Waals surface area contributed by atoms with Crippen molar-refractivity contribution in [3.8, 4) is 0 Å². The van der Waals surface area contributed by atoms with Crippen LogP contribution in [-0.2, 0) is 9.84 Å². The molecule has 3 fully saturated rings. The van der Waals surface area contributed by atoms with Gasteiger partial charge in [-0.2, -0.15) is 0 Å². The average Bonchev–Trinajstić information content (AvgIpc) is 3.16. The van der Waals surface area contributed by atoms with Crippen LogP contribution in [0.25, 0.3) is 0 Å². The minimum atomic E-state index is -3.21. The standard InChI is InChI=1S/C27H38O3S.C2H6/c1-26-16-13-25-23(10-8-20-18-21(28)12-15-27(20,25)2)24(26)11-9-19(26)14-17-31(29,30)22-6-4-3-5-7-22;1-2/h3-7,13,19-21,23-24,28H,8-12,14-18H2,1-2H3;1-2H3. The quantitative estimate of drug-likeness (QED) is 0.489. The summed E-state index contributed by atoms with van der Waals surface area (Å²) in [7, 11) is -3.21. The van der Waals surface area contributed by atoms with E-state index in [9.17, 15) is 13.5 Å². The van der Waals surface area contributed by atoms with E-state index in [-0.39, 0.29) is 22.7 Å². The van der Waals surface area contributed by atoms with Crippen LogP contribution in [0.5, 0.6) is 0 Å². The molecule has 4 heteroatoms. The number of aliphatic hydroxyl groups is 1. The summed E-state index contributed by atoms with van der Waals surface area (Å²) in [5, 5.41) is 10.2. The minimum absolute atomic E-state index is 0.105. The molecule has 7 unspecified atom stereocenters. The van der Waals surface area contributed by atoms with Crippen LogP contribution in [-0.4, -0.2) is 25.4 Å². The lowest BCUT2D eigenvalue weighted by molar-refractivity contribution is -0.0122. The summed E-state index contributed by atoms with van der Waals surface area (Å²) in [5.41, 5.74) is 2.21. The maximum atomic E-state index is 12.9. The normalized spacial score (nSPS) is 39.9. The zero-order chi connectivity index (χ0) is 23.9. The predicted octanol–water partition coefficient (Wildman–Crippen LogP) is 6.82. The number of hydrogen-bond acceptors (Lipinski definition) is 3. The molecule has 0 saturated heterocycles. The molecule has 4 aliphatic rings. The largest absolute Gasteiger partial charge is 0.393 e. The van der Waals surface area contributed by atoms with Crippen molar-refractivity contribution in [2.24, 2.45) is 34.5 Å². The first-order chi connectivity index (χ1) is 15.7. The first-order valence-corrected chi connectivity index (χ1v) is 15.1. The third-order valence-electron chi connectivity index (χ3n) is 10.0. The highest BCUT2D eigenvalue weighted by molar-refractivity contribution is 7.91. The fourth-order valence-electron chi connectivity index (χ4n) is 8.12. The molecule has 184 valence electrons. The van der Waals surface area contributed by atoms with Crippen LogP contribution >= 0.6 is 0 Å². The van der Waals surface area contributed by atoms with Crippen molar-refractivity contribution in [3.05, 3.63) is 42.0 Å².